The summed E-state index contributed by atoms with van der Waals surface area (Å²) in [5, 5.41) is 8.78. The van der Waals surface area contributed by atoms with Crippen LogP contribution < -0.4 is 0 Å². The lowest BCUT2D eigenvalue weighted by Gasteiger charge is -2.37. The van der Waals surface area contributed by atoms with E-state index in [1.54, 1.807) is 29.2 Å². The second kappa shape index (κ2) is 6.18. The normalized spacial score (nSPS) is 15.4. The van der Waals surface area contributed by atoms with Gasteiger partial charge in [0.1, 0.15) is 0 Å². The standard InChI is InChI=1S/C17H21N3O2/c1-17(2,3)16(22)20-10-8-19(9-11-20)15(21)14-6-4-13(12-18)5-7-14/h4-7H,8-11H2,1-3H3. The minimum Gasteiger partial charge on any atom is -0.339 e. The minimum absolute atomic E-state index is 0.0488. The van der Waals surface area contributed by atoms with Gasteiger partial charge in [0.05, 0.1) is 11.6 Å². The van der Waals surface area contributed by atoms with Crippen molar-refractivity contribution < 1.29 is 9.59 Å². The molecule has 0 unspecified atom stereocenters. The van der Waals surface area contributed by atoms with Gasteiger partial charge in [0.15, 0.2) is 0 Å². The molecule has 1 aromatic carbocycles. The number of nitriles is 1. The molecule has 22 heavy (non-hydrogen) atoms. The van der Waals surface area contributed by atoms with E-state index in [-0.39, 0.29) is 17.2 Å². The summed E-state index contributed by atoms with van der Waals surface area (Å²) in [6.07, 6.45) is 0. The van der Waals surface area contributed by atoms with E-state index >= 15 is 0 Å². The number of nitrogens with zero attached hydrogens (tertiary/aromatic N) is 3. The molecule has 1 aliphatic rings. The molecule has 5 heteroatoms. The number of piperazine rings is 1. The first kappa shape index (κ1) is 16.0. The van der Waals surface area contributed by atoms with E-state index in [4.69, 9.17) is 5.26 Å². The Kier molecular flexibility index (Phi) is 4.51. The topological polar surface area (TPSA) is 64.4 Å². The quantitative estimate of drug-likeness (QED) is 0.795. The summed E-state index contributed by atoms with van der Waals surface area (Å²) in [5.74, 6) is 0.0744. The lowest BCUT2D eigenvalue weighted by atomic mass is 9.94. The van der Waals surface area contributed by atoms with Crippen molar-refractivity contribution in [2.24, 2.45) is 5.41 Å². The van der Waals surface area contributed by atoms with E-state index < -0.39 is 0 Å². The fourth-order valence-corrected chi connectivity index (χ4v) is 2.46. The number of benzene rings is 1. The predicted octanol–water partition coefficient (Wildman–Crippen LogP) is 1.89. The molecule has 1 fully saturated rings. The number of carbonyl (C=O) groups excluding carboxylic acids is 2. The van der Waals surface area contributed by atoms with E-state index in [0.29, 0.717) is 37.3 Å². The Morgan fingerprint density at radius 1 is 1.00 bits per heavy atom. The van der Waals surface area contributed by atoms with E-state index in [9.17, 15) is 9.59 Å². The molecule has 0 N–H and O–H groups in total. The molecule has 5 nitrogen and oxygen atoms in total. The van der Waals surface area contributed by atoms with Crippen molar-refractivity contribution in [3.8, 4) is 6.07 Å². The summed E-state index contributed by atoms with van der Waals surface area (Å²) < 4.78 is 0. The zero-order valence-corrected chi connectivity index (χ0v) is 13.3. The summed E-state index contributed by atoms with van der Waals surface area (Å²) in [5.41, 5.74) is 0.728. The highest BCUT2D eigenvalue weighted by Gasteiger charge is 2.30. The fraction of sp³-hybridized carbons (Fsp3) is 0.471. The maximum absolute atomic E-state index is 12.4. The Morgan fingerprint density at radius 3 is 1.95 bits per heavy atom. The van der Waals surface area contributed by atoms with E-state index in [2.05, 4.69) is 0 Å². The fourth-order valence-electron chi connectivity index (χ4n) is 2.46. The molecule has 2 amide bonds. The molecule has 1 saturated heterocycles. The van der Waals surface area contributed by atoms with E-state index in [1.807, 2.05) is 31.7 Å². The molecule has 1 aliphatic heterocycles. The average Bonchev–Trinajstić information content (AvgIpc) is 2.53. The lowest BCUT2D eigenvalue weighted by molar-refractivity contribution is -0.140. The van der Waals surface area contributed by atoms with Gasteiger partial charge in [-0.05, 0) is 24.3 Å². The zero-order chi connectivity index (χ0) is 16.3. The summed E-state index contributed by atoms with van der Waals surface area (Å²) in [4.78, 5) is 28.2. The Morgan fingerprint density at radius 2 is 1.50 bits per heavy atom. The van der Waals surface area contributed by atoms with Crippen molar-refractivity contribution in [1.82, 2.24) is 9.80 Å². The van der Waals surface area contributed by atoms with Crippen LogP contribution in [-0.4, -0.2) is 47.8 Å². The van der Waals surface area contributed by atoms with Gasteiger partial charge in [-0.25, -0.2) is 0 Å². The highest BCUT2D eigenvalue weighted by molar-refractivity contribution is 5.94. The van der Waals surface area contributed by atoms with Gasteiger partial charge in [-0.2, -0.15) is 5.26 Å². The van der Waals surface area contributed by atoms with Crippen LogP contribution in [0.2, 0.25) is 0 Å². The van der Waals surface area contributed by atoms with Crippen LogP contribution >= 0.6 is 0 Å². The largest absolute Gasteiger partial charge is 0.339 e. The van der Waals surface area contributed by atoms with E-state index in [1.165, 1.54) is 0 Å². The third-order valence-electron chi connectivity index (χ3n) is 3.76. The second-order valence-electron chi connectivity index (χ2n) is 6.52. The van der Waals surface area contributed by atoms with Gasteiger partial charge in [-0.3, -0.25) is 9.59 Å². The summed E-state index contributed by atoms with van der Waals surface area (Å²) >= 11 is 0. The summed E-state index contributed by atoms with van der Waals surface area (Å²) in [7, 11) is 0. The Labute approximate surface area is 131 Å². The molecule has 0 spiro atoms. The molecule has 0 saturated carbocycles. The molecule has 0 aromatic heterocycles. The van der Waals surface area contributed by atoms with Crippen LogP contribution in [0.1, 0.15) is 36.7 Å². The van der Waals surface area contributed by atoms with Crippen LogP contribution in [0.3, 0.4) is 0 Å². The van der Waals surface area contributed by atoms with Crippen LogP contribution in [0, 0.1) is 16.7 Å². The van der Waals surface area contributed by atoms with Crippen LogP contribution in [0.15, 0.2) is 24.3 Å². The first-order valence-corrected chi connectivity index (χ1v) is 7.42. The minimum atomic E-state index is -0.390. The molecule has 0 atom stereocenters. The molecule has 0 aliphatic carbocycles. The maximum atomic E-state index is 12.4. The van der Waals surface area contributed by atoms with Gasteiger partial charge in [-0.15, -0.1) is 0 Å². The Hall–Kier alpha value is -2.35. The number of carbonyl (C=O) groups is 2. The molecule has 1 heterocycles. The van der Waals surface area contributed by atoms with Gasteiger partial charge in [0, 0.05) is 37.2 Å². The van der Waals surface area contributed by atoms with Gasteiger partial charge in [-0.1, -0.05) is 20.8 Å². The van der Waals surface area contributed by atoms with Crippen molar-refractivity contribution in [3.63, 3.8) is 0 Å². The number of amides is 2. The molecule has 116 valence electrons. The number of hydrogen-bond acceptors (Lipinski definition) is 3. The number of rotatable bonds is 1. The molecular formula is C17H21N3O2. The molecule has 0 radical (unpaired) electrons. The van der Waals surface area contributed by atoms with Crippen molar-refractivity contribution >= 4 is 11.8 Å². The molecule has 0 bridgehead atoms. The SMILES string of the molecule is CC(C)(C)C(=O)N1CCN(C(=O)c2ccc(C#N)cc2)CC1. The lowest BCUT2D eigenvalue weighted by Crippen LogP contribution is -2.53. The predicted molar refractivity (Wildman–Crippen MR) is 83.1 cm³/mol. The molecule has 2 rings (SSSR count). The van der Waals surface area contributed by atoms with Gasteiger partial charge >= 0.3 is 0 Å². The zero-order valence-electron chi connectivity index (χ0n) is 13.3. The second-order valence-corrected chi connectivity index (χ2v) is 6.52. The first-order chi connectivity index (χ1) is 10.3. The summed E-state index contributed by atoms with van der Waals surface area (Å²) in [6.45, 7) is 7.94. The van der Waals surface area contributed by atoms with Crippen molar-refractivity contribution in [3.05, 3.63) is 35.4 Å². The van der Waals surface area contributed by atoms with Crippen molar-refractivity contribution in [2.75, 3.05) is 26.2 Å². The van der Waals surface area contributed by atoms with E-state index in [0.717, 1.165) is 0 Å². The third kappa shape index (κ3) is 3.45. The first-order valence-electron chi connectivity index (χ1n) is 7.42. The average molecular weight is 299 g/mol. The highest BCUT2D eigenvalue weighted by atomic mass is 16.2. The van der Waals surface area contributed by atoms with Crippen molar-refractivity contribution in [2.45, 2.75) is 20.8 Å². The van der Waals surface area contributed by atoms with Crippen molar-refractivity contribution in [1.29, 1.82) is 5.26 Å². The van der Waals surface area contributed by atoms with Gasteiger partial charge in [0.2, 0.25) is 5.91 Å². The molecule has 1 aromatic rings. The monoisotopic (exact) mass is 299 g/mol. The smallest absolute Gasteiger partial charge is 0.253 e. The number of hydrogen-bond donors (Lipinski definition) is 0. The maximum Gasteiger partial charge on any atom is 0.253 e. The van der Waals surface area contributed by atoms with Crippen LogP contribution in [0.5, 0.6) is 0 Å². The Bertz CT molecular complexity index is 600. The van der Waals surface area contributed by atoms with Crippen LogP contribution in [0.4, 0.5) is 0 Å². The van der Waals surface area contributed by atoms with Gasteiger partial charge in [0.25, 0.3) is 5.91 Å². The Balaban J connectivity index is 1.98. The summed E-state index contributed by atoms with van der Waals surface area (Å²) in [6, 6.07) is 8.68. The van der Waals surface area contributed by atoms with Gasteiger partial charge < -0.3 is 9.80 Å². The van der Waals surface area contributed by atoms with Crippen LogP contribution in [-0.2, 0) is 4.79 Å². The third-order valence-corrected chi connectivity index (χ3v) is 3.76. The molecular weight excluding hydrogens is 278 g/mol. The van der Waals surface area contributed by atoms with Crippen LogP contribution in [0.25, 0.3) is 0 Å². The highest BCUT2D eigenvalue weighted by Crippen LogP contribution is 2.19.